The van der Waals surface area contributed by atoms with E-state index in [1.807, 2.05) is 0 Å². The molecule has 0 spiro atoms. The van der Waals surface area contributed by atoms with Crippen LogP contribution in [-0.4, -0.2) is 36.4 Å². The van der Waals surface area contributed by atoms with E-state index in [4.69, 9.17) is 21.1 Å². The number of ether oxygens (including phenoxy) is 3. The number of esters is 2. The lowest BCUT2D eigenvalue weighted by Gasteiger charge is -2.12. The summed E-state index contributed by atoms with van der Waals surface area (Å²) < 4.78 is 14.6. The topological polar surface area (TPSA) is 82.1 Å². The smallest absolute Gasteiger partial charge is 0.311 e. The molecule has 0 fully saturated rings. The number of hydrogen-bond acceptors (Lipinski definition) is 6. The fourth-order valence-electron chi connectivity index (χ4n) is 1.39. The highest BCUT2D eigenvalue weighted by molar-refractivity contribution is 6.30. The van der Waals surface area contributed by atoms with Crippen molar-refractivity contribution in [2.24, 2.45) is 0 Å². The molecule has 1 N–H and O–H groups in total. The van der Waals surface area contributed by atoms with Gasteiger partial charge in [-0.05, 0) is 24.3 Å². The quantitative estimate of drug-likeness (QED) is 0.552. The molecule has 22 heavy (non-hydrogen) atoms. The van der Waals surface area contributed by atoms with Gasteiger partial charge < -0.3 is 19.3 Å². The molecule has 0 radical (unpaired) electrons. The van der Waals surface area contributed by atoms with Crippen molar-refractivity contribution in [1.29, 1.82) is 0 Å². The van der Waals surface area contributed by atoms with Gasteiger partial charge in [-0.15, -0.1) is 0 Å². The minimum atomic E-state index is -0.972. The monoisotopic (exact) mass is 328 g/mol. The van der Waals surface area contributed by atoms with Gasteiger partial charge in [0, 0.05) is 5.02 Å². The molecule has 0 aliphatic heterocycles. The first-order valence-electron chi connectivity index (χ1n) is 6.53. The summed E-state index contributed by atoms with van der Waals surface area (Å²) in [7, 11) is 0. The molecule has 120 valence electrons. The van der Waals surface area contributed by atoms with Crippen LogP contribution in [0.15, 0.2) is 37.1 Å². The van der Waals surface area contributed by atoms with Crippen LogP contribution in [0.25, 0.3) is 0 Å². The van der Waals surface area contributed by atoms with Crippen molar-refractivity contribution in [3.05, 3.63) is 42.1 Å². The van der Waals surface area contributed by atoms with E-state index in [-0.39, 0.29) is 26.1 Å². The maximum absolute atomic E-state index is 11.3. The molecule has 1 aromatic carbocycles. The van der Waals surface area contributed by atoms with Gasteiger partial charge in [-0.3, -0.25) is 9.59 Å². The lowest BCUT2D eigenvalue weighted by Crippen LogP contribution is -2.25. The molecule has 0 bridgehead atoms. The lowest BCUT2D eigenvalue weighted by molar-refractivity contribution is -0.150. The third-order valence-electron chi connectivity index (χ3n) is 2.44. The van der Waals surface area contributed by atoms with Crippen molar-refractivity contribution >= 4 is 23.5 Å². The van der Waals surface area contributed by atoms with E-state index in [1.54, 1.807) is 24.3 Å². The zero-order valence-corrected chi connectivity index (χ0v) is 12.6. The van der Waals surface area contributed by atoms with E-state index in [1.165, 1.54) is 0 Å². The van der Waals surface area contributed by atoms with Crippen molar-refractivity contribution in [1.82, 2.24) is 0 Å². The average molecular weight is 329 g/mol. The van der Waals surface area contributed by atoms with E-state index in [2.05, 4.69) is 11.3 Å². The minimum Gasteiger partial charge on any atom is -0.491 e. The van der Waals surface area contributed by atoms with E-state index in [0.717, 1.165) is 6.26 Å². The highest BCUT2D eigenvalue weighted by Crippen LogP contribution is 2.15. The number of benzene rings is 1. The van der Waals surface area contributed by atoms with Gasteiger partial charge in [-0.2, -0.15) is 0 Å². The Labute approximate surface area is 133 Å². The van der Waals surface area contributed by atoms with Crippen LogP contribution in [0.3, 0.4) is 0 Å². The number of aliphatic hydroxyl groups excluding tert-OH is 1. The van der Waals surface area contributed by atoms with Gasteiger partial charge in [0.1, 0.15) is 25.1 Å². The molecule has 0 heterocycles. The van der Waals surface area contributed by atoms with Crippen molar-refractivity contribution in [2.75, 3.05) is 13.2 Å². The van der Waals surface area contributed by atoms with Crippen molar-refractivity contribution in [2.45, 2.75) is 18.9 Å². The molecule has 0 amide bonds. The van der Waals surface area contributed by atoms with Crippen LogP contribution in [0.4, 0.5) is 0 Å². The third kappa shape index (κ3) is 7.66. The molecule has 1 aromatic rings. The fraction of sp³-hybridized carbons (Fsp3) is 0.333. The Bertz CT molecular complexity index is 499. The van der Waals surface area contributed by atoms with Crippen LogP contribution in [0.2, 0.25) is 5.02 Å². The van der Waals surface area contributed by atoms with E-state index < -0.39 is 18.0 Å². The number of rotatable bonds is 9. The Morgan fingerprint density at radius 1 is 1.18 bits per heavy atom. The molecule has 0 saturated heterocycles. The molecular formula is C15H17ClO6. The van der Waals surface area contributed by atoms with Gasteiger partial charge in [-0.1, -0.05) is 18.2 Å². The molecule has 6 nitrogen and oxygen atoms in total. The molecule has 1 rings (SSSR count). The number of carbonyl (C=O) groups excluding carboxylic acids is 2. The van der Waals surface area contributed by atoms with Crippen LogP contribution in [0.1, 0.15) is 12.8 Å². The third-order valence-corrected chi connectivity index (χ3v) is 2.69. The number of hydrogen-bond donors (Lipinski definition) is 1. The van der Waals surface area contributed by atoms with Crippen LogP contribution in [-0.2, 0) is 19.1 Å². The molecule has 0 aliphatic carbocycles. The molecular weight excluding hydrogens is 312 g/mol. The molecule has 7 heteroatoms. The van der Waals surface area contributed by atoms with Gasteiger partial charge in [-0.25, -0.2) is 0 Å². The first-order chi connectivity index (χ1) is 10.5. The van der Waals surface area contributed by atoms with Gasteiger partial charge in [0.15, 0.2) is 0 Å². The maximum atomic E-state index is 11.3. The zero-order valence-electron chi connectivity index (χ0n) is 11.9. The predicted octanol–water partition coefficient (Wildman–Crippen LogP) is 2.09. The van der Waals surface area contributed by atoms with E-state index >= 15 is 0 Å². The lowest BCUT2D eigenvalue weighted by atomic mass is 10.3. The summed E-state index contributed by atoms with van der Waals surface area (Å²) in [5.41, 5.74) is 0. The van der Waals surface area contributed by atoms with Crippen LogP contribution < -0.4 is 4.74 Å². The van der Waals surface area contributed by atoms with Gasteiger partial charge in [0.2, 0.25) is 0 Å². The van der Waals surface area contributed by atoms with Gasteiger partial charge in [0.05, 0.1) is 19.1 Å². The summed E-state index contributed by atoms with van der Waals surface area (Å²) in [6, 6.07) is 6.63. The second kappa shape index (κ2) is 9.81. The largest absolute Gasteiger partial charge is 0.491 e. The summed E-state index contributed by atoms with van der Waals surface area (Å²) in [6.07, 6.45) is -0.217. The number of carbonyl (C=O) groups is 2. The molecule has 0 saturated carbocycles. The van der Waals surface area contributed by atoms with E-state index in [0.29, 0.717) is 10.8 Å². The summed E-state index contributed by atoms with van der Waals surface area (Å²) in [6.45, 7) is 2.97. The highest BCUT2D eigenvalue weighted by Gasteiger charge is 2.12. The Hall–Kier alpha value is -2.05. The van der Waals surface area contributed by atoms with Crippen molar-refractivity contribution in [3.63, 3.8) is 0 Å². The number of aliphatic hydroxyl groups is 1. The standard InChI is InChI=1S/C15H17ClO6/c1-2-20-14(18)7-8-15(19)22-10-12(17)9-21-13-5-3-11(16)4-6-13/h2-6,12,17H,1,7-10H2. The second-order valence-electron chi connectivity index (χ2n) is 4.26. The number of halogens is 1. The molecule has 1 atom stereocenters. The second-order valence-corrected chi connectivity index (χ2v) is 4.69. The van der Waals surface area contributed by atoms with Gasteiger partial charge >= 0.3 is 11.9 Å². The van der Waals surface area contributed by atoms with Crippen molar-refractivity contribution < 1.29 is 28.9 Å². The zero-order chi connectivity index (χ0) is 16.4. The SMILES string of the molecule is C=COC(=O)CCC(=O)OCC(O)COc1ccc(Cl)cc1. The Morgan fingerprint density at radius 2 is 1.82 bits per heavy atom. The van der Waals surface area contributed by atoms with Gasteiger partial charge in [0.25, 0.3) is 0 Å². The summed E-state index contributed by atoms with van der Waals surface area (Å²) in [5.74, 6) is -0.632. The maximum Gasteiger partial charge on any atom is 0.311 e. The Morgan fingerprint density at radius 3 is 2.45 bits per heavy atom. The first kappa shape index (κ1) is 18.0. The van der Waals surface area contributed by atoms with Crippen molar-refractivity contribution in [3.8, 4) is 5.75 Å². The average Bonchev–Trinajstić information content (AvgIpc) is 2.50. The summed E-state index contributed by atoms with van der Waals surface area (Å²) >= 11 is 5.73. The molecule has 1 unspecified atom stereocenters. The normalized spacial score (nSPS) is 11.4. The van der Waals surface area contributed by atoms with Crippen LogP contribution >= 0.6 is 11.6 Å². The minimum absolute atomic E-state index is 0.0343. The highest BCUT2D eigenvalue weighted by atomic mass is 35.5. The summed E-state index contributed by atoms with van der Waals surface area (Å²) in [4.78, 5) is 22.3. The first-order valence-corrected chi connectivity index (χ1v) is 6.91. The predicted molar refractivity (Wildman–Crippen MR) is 79.4 cm³/mol. The Kier molecular flexibility index (Phi) is 8.03. The Balaban J connectivity index is 2.18. The van der Waals surface area contributed by atoms with E-state index in [9.17, 15) is 14.7 Å². The summed E-state index contributed by atoms with van der Waals surface area (Å²) in [5, 5.41) is 10.2. The fourth-order valence-corrected chi connectivity index (χ4v) is 1.51. The molecule has 0 aliphatic rings. The van der Waals surface area contributed by atoms with Crippen LogP contribution in [0, 0.1) is 0 Å². The van der Waals surface area contributed by atoms with Crippen LogP contribution in [0.5, 0.6) is 5.75 Å². The molecule has 0 aromatic heterocycles.